The van der Waals surface area contributed by atoms with E-state index in [4.69, 9.17) is 0 Å². The van der Waals surface area contributed by atoms with Crippen LogP contribution in [0.15, 0.2) is 47.4 Å². The summed E-state index contributed by atoms with van der Waals surface area (Å²) in [4.78, 5) is 36.1. The van der Waals surface area contributed by atoms with Crippen molar-refractivity contribution < 1.29 is 27.2 Å². The SMILES string of the molecule is O=C1NC(=O)c2cc(NC(=O)C3CCCN(S(=O)(=O)c4ccc(F)cc4)C3)ccc21. The molecule has 1 fully saturated rings. The molecule has 0 aromatic heterocycles. The first-order valence-electron chi connectivity index (χ1n) is 9.32. The Kier molecular flexibility index (Phi) is 5.12. The predicted molar refractivity (Wildman–Crippen MR) is 105 cm³/mol. The fourth-order valence-electron chi connectivity index (χ4n) is 3.62. The predicted octanol–water partition coefficient (Wildman–Crippen LogP) is 1.75. The number of hydrogen-bond donors (Lipinski definition) is 2. The second-order valence-corrected chi connectivity index (χ2v) is 9.13. The van der Waals surface area contributed by atoms with E-state index in [0.717, 1.165) is 12.1 Å². The van der Waals surface area contributed by atoms with Gasteiger partial charge in [0.05, 0.1) is 21.9 Å². The van der Waals surface area contributed by atoms with E-state index in [1.807, 2.05) is 0 Å². The highest BCUT2D eigenvalue weighted by molar-refractivity contribution is 7.89. The monoisotopic (exact) mass is 431 g/mol. The minimum absolute atomic E-state index is 0.00451. The zero-order valence-electron chi connectivity index (χ0n) is 15.7. The minimum atomic E-state index is -3.84. The molecular weight excluding hydrogens is 413 g/mol. The van der Waals surface area contributed by atoms with Crippen molar-refractivity contribution in [2.24, 2.45) is 5.92 Å². The Morgan fingerprint density at radius 3 is 2.50 bits per heavy atom. The van der Waals surface area contributed by atoms with Crippen molar-refractivity contribution in [3.05, 3.63) is 59.4 Å². The molecule has 8 nitrogen and oxygen atoms in total. The summed E-state index contributed by atoms with van der Waals surface area (Å²) in [7, 11) is -3.84. The number of fused-ring (bicyclic) bond motifs is 1. The maximum absolute atomic E-state index is 13.1. The van der Waals surface area contributed by atoms with Crippen molar-refractivity contribution in [1.29, 1.82) is 0 Å². The normalized spacial score (nSPS) is 19.3. The van der Waals surface area contributed by atoms with E-state index < -0.39 is 33.6 Å². The first-order chi connectivity index (χ1) is 14.3. The highest BCUT2D eigenvalue weighted by Crippen LogP contribution is 2.26. The van der Waals surface area contributed by atoms with Crippen LogP contribution in [0, 0.1) is 11.7 Å². The summed E-state index contributed by atoms with van der Waals surface area (Å²) in [6.45, 7) is 0.264. The van der Waals surface area contributed by atoms with Gasteiger partial charge in [-0.05, 0) is 55.3 Å². The van der Waals surface area contributed by atoms with Crippen molar-refractivity contribution in [3.63, 3.8) is 0 Å². The lowest BCUT2D eigenvalue weighted by molar-refractivity contribution is -0.120. The third-order valence-corrected chi connectivity index (χ3v) is 7.09. The number of rotatable bonds is 4. The maximum Gasteiger partial charge on any atom is 0.259 e. The van der Waals surface area contributed by atoms with Crippen LogP contribution in [0.3, 0.4) is 0 Å². The lowest BCUT2D eigenvalue weighted by atomic mass is 9.98. The summed E-state index contributed by atoms with van der Waals surface area (Å²) in [6.07, 6.45) is 1.00. The summed E-state index contributed by atoms with van der Waals surface area (Å²) in [6, 6.07) is 8.95. The Morgan fingerprint density at radius 2 is 1.77 bits per heavy atom. The number of carbonyl (C=O) groups is 3. The molecule has 0 aliphatic carbocycles. The van der Waals surface area contributed by atoms with Crippen molar-refractivity contribution in [1.82, 2.24) is 9.62 Å². The molecule has 2 aromatic carbocycles. The lowest BCUT2D eigenvalue weighted by Gasteiger charge is -2.31. The molecule has 2 N–H and O–H groups in total. The van der Waals surface area contributed by atoms with Gasteiger partial charge >= 0.3 is 0 Å². The number of piperidine rings is 1. The summed E-state index contributed by atoms with van der Waals surface area (Å²) in [5, 5.41) is 4.87. The molecule has 2 heterocycles. The van der Waals surface area contributed by atoms with Gasteiger partial charge in [-0.25, -0.2) is 12.8 Å². The first kappa shape index (κ1) is 20.2. The van der Waals surface area contributed by atoms with Crippen LogP contribution in [0.4, 0.5) is 10.1 Å². The summed E-state index contributed by atoms with van der Waals surface area (Å²) < 4.78 is 40.0. The van der Waals surface area contributed by atoms with Crippen LogP contribution in [0.1, 0.15) is 33.6 Å². The second kappa shape index (κ2) is 7.62. The quantitative estimate of drug-likeness (QED) is 0.717. The molecule has 2 aliphatic rings. The fraction of sp³-hybridized carbons (Fsp3) is 0.250. The molecule has 156 valence electrons. The first-order valence-corrected chi connectivity index (χ1v) is 10.8. The molecule has 3 amide bonds. The molecule has 2 aliphatic heterocycles. The van der Waals surface area contributed by atoms with Gasteiger partial charge < -0.3 is 5.32 Å². The van der Waals surface area contributed by atoms with E-state index in [9.17, 15) is 27.2 Å². The number of nitrogens with zero attached hydrogens (tertiary/aromatic N) is 1. The van der Waals surface area contributed by atoms with Crippen molar-refractivity contribution in [3.8, 4) is 0 Å². The number of anilines is 1. The minimum Gasteiger partial charge on any atom is -0.326 e. The molecule has 0 bridgehead atoms. The second-order valence-electron chi connectivity index (χ2n) is 7.19. The molecule has 0 spiro atoms. The number of amides is 3. The lowest BCUT2D eigenvalue weighted by Crippen LogP contribution is -2.43. The number of halogens is 1. The van der Waals surface area contributed by atoms with E-state index >= 15 is 0 Å². The number of benzene rings is 2. The van der Waals surface area contributed by atoms with Crippen molar-refractivity contribution in [2.75, 3.05) is 18.4 Å². The maximum atomic E-state index is 13.1. The average Bonchev–Trinajstić information content (AvgIpc) is 3.01. The number of imide groups is 1. The van der Waals surface area contributed by atoms with Gasteiger partial charge in [-0.15, -0.1) is 0 Å². The van der Waals surface area contributed by atoms with Gasteiger partial charge in [0, 0.05) is 18.8 Å². The number of nitrogens with one attached hydrogen (secondary N) is 2. The van der Waals surface area contributed by atoms with Crippen LogP contribution in [-0.4, -0.2) is 43.5 Å². The van der Waals surface area contributed by atoms with Crippen LogP contribution in [0.2, 0.25) is 0 Å². The van der Waals surface area contributed by atoms with Crippen molar-refractivity contribution >= 4 is 33.4 Å². The molecule has 30 heavy (non-hydrogen) atoms. The highest BCUT2D eigenvalue weighted by atomic mass is 32.2. The van der Waals surface area contributed by atoms with Gasteiger partial charge in [-0.3, -0.25) is 19.7 Å². The van der Waals surface area contributed by atoms with Crippen LogP contribution in [-0.2, 0) is 14.8 Å². The van der Waals surface area contributed by atoms with Crippen LogP contribution < -0.4 is 10.6 Å². The van der Waals surface area contributed by atoms with Gasteiger partial charge in [0.15, 0.2) is 0 Å². The third kappa shape index (κ3) is 3.71. The van der Waals surface area contributed by atoms with Gasteiger partial charge in [0.2, 0.25) is 15.9 Å². The van der Waals surface area contributed by atoms with Gasteiger partial charge in [-0.2, -0.15) is 4.31 Å². The molecule has 10 heteroatoms. The average molecular weight is 431 g/mol. The molecule has 0 saturated carbocycles. The van der Waals surface area contributed by atoms with Crippen LogP contribution >= 0.6 is 0 Å². The standard InChI is InChI=1S/C20H18FN3O5S/c21-13-3-6-15(7-4-13)30(28,29)24-9-1-2-12(11-24)18(25)22-14-5-8-16-17(10-14)20(27)23-19(16)26/h3-8,10,12H,1-2,9,11H2,(H,22,25)(H,23,26,27). The molecule has 4 rings (SSSR count). The Bertz CT molecular complexity index is 1150. The molecule has 1 saturated heterocycles. The smallest absolute Gasteiger partial charge is 0.259 e. The zero-order chi connectivity index (χ0) is 21.5. The Morgan fingerprint density at radius 1 is 1.07 bits per heavy atom. The molecule has 1 unspecified atom stereocenters. The van der Waals surface area contributed by atoms with Crippen molar-refractivity contribution in [2.45, 2.75) is 17.7 Å². The summed E-state index contributed by atoms with van der Waals surface area (Å²) >= 11 is 0. The van der Waals surface area contributed by atoms with Crippen LogP contribution in [0.25, 0.3) is 0 Å². The van der Waals surface area contributed by atoms with E-state index in [1.165, 1.54) is 34.6 Å². The third-order valence-electron chi connectivity index (χ3n) is 5.21. The molecule has 0 radical (unpaired) electrons. The molecular formula is C20H18FN3O5S. The topological polar surface area (TPSA) is 113 Å². The molecule has 1 atom stereocenters. The molecule has 2 aromatic rings. The number of sulfonamides is 1. The van der Waals surface area contributed by atoms with E-state index in [1.54, 1.807) is 0 Å². The van der Waals surface area contributed by atoms with E-state index in [2.05, 4.69) is 10.6 Å². The van der Waals surface area contributed by atoms with Gasteiger partial charge in [0.25, 0.3) is 11.8 Å². The van der Waals surface area contributed by atoms with E-state index in [-0.39, 0.29) is 35.0 Å². The van der Waals surface area contributed by atoms with E-state index in [0.29, 0.717) is 18.5 Å². The van der Waals surface area contributed by atoms with Gasteiger partial charge in [-0.1, -0.05) is 0 Å². The summed E-state index contributed by atoms with van der Waals surface area (Å²) in [5.41, 5.74) is 0.774. The Balaban J connectivity index is 1.48. The number of carbonyl (C=O) groups excluding carboxylic acids is 3. The van der Waals surface area contributed by atoms with Gasteiger partial charge in [0.1, 0.15) is 5.82 Å². The Labute approximate surface area is 172 Å². The number of hydrogen-bond acceptors (Lipinski definition) is 5. The summed E-state index contributed by atoms with van der Waals surface area (Å²) in [5.74, 6) is -2.51. The highest BCUT2D eigenvalue weighted by Gasteiger charge is 2.34. The fourth-order valence-corrected chi connectivity index (χ4v) is 5.14. The largest absolute Gasteiger partial charge is 0.326 e. The zero-order valence-corrected chi connectivity index (χ0v) is 16.5. The van der Waals surface area contributed by atoms with Crippen LogP contribution in [0.5, 0.6) is 0 Å². The Hall–Kier alpha value is -3.11.